The second kappa shape index (κ2) is 5.97. The molecule has 1 aromatic heterocycles. The summed E-state index contributed by atoms with van der Waals surface area (Å²) in [6.07, 6.45) is 11.1. The number of aryl methyl sites for hydroxylation is 1. The van der Waals surface area contributed by atoms with Gasteiger partial charge in [0.1, 0.15) is 6.61 Å². The van der Waals surface area contributed by atoms with Gasteiger partial charge in [-0.05, 0) is 67.4 Å². The molecule has 0 unspecified atom stereocenters. The number of hydrogen-bond donors (Lipinski definition) is 0. The summed E-state index contributed by atoms with van der Waals surface area (Å²) in [5.41, 5.74) is 3.12. The maximum absolute atomic E-state index is 12.9. The number of nitrogens with zero attached hydrogens (tertiary/aromatic N) is 2. The predicted molar refractivity (Wildman–Crippen MR) is 99.0 cm³/mol. The zero-order valence-electron chi connectivity index (χ0n) is 15.4. The standard InChI is InChI=1S/C22H26N2O2/c1-24-13-20(12-23-24)19-4-2-15(3-5-19)14-26-21(25)22-9-16-6-17(10-22)8-18(7-16)11-22/h2-5,12-13,16-18H,6-11,14H2,1H3. The van der Waals surface area contributed by atoms with Crippen molar-refractivity contribution in [1.82, 2.24) is 9.78 Å². The van der Waals surface area contributed by atoms with Crippen molar-refractivity contribution in [3.63, 3.8) is 0 Å². The van der Waals surface area contributed by atoms with Gasteiger partial charge in [-0.25, -0.2) is 0 Å². The van der Waals surface area contributed by atoms with E-state index >= 15 is 0 Å². The van der Waals surface area contributed by atoms with E-state index in [0.29, 0.717) is 6.61 Å². The minimum absolute atomic E-state index is 0.0629. The summed E-state index contributed by atoms with van der Waals surface area (Å²) in [5, 5.41) is 4.21. The number of rotatable bonds is 4. The number of esters is 1. The number of carbonyl (C=O) groups excluding carboxylic acids is 1. The first-order valence-corrected chi connectivity index (χ1v) is 9.85. The Morgan fingerprint density at radius 1 is 1.08 bits per heavy atom. The third-order valence-electron chi connectivity index (χ3n) is 6.83. The molecule has 4 fully saturated rings. The molecule has 0 radical (unpaired) electrons. The lowest BCUT2D eigenvalue weighted by atomic mass is 9.49. The van der Waals surface area contributed by atoms with Crippen LogP contribution in [0.5, 0.6) is 0 Å². The molecule has 4 aliphatic carbocycles. The van der Waals surface area contributed by atoms with Crippen molar-refractivity contribution in [2.45, 2.75) is 45.1 Å². The van der Waals surface area contributed by atoms with Crippen LogP contribution in [0.15, 0.2) is 36.7 Å². The molecule has 4 saturated carbocycles. The Kier molecular flexibility index (Phi) is 3.70. The fraction of sp³-hybridized carbons (Fsp3) is 0.545. The van der Waals surface area contributed by atoms with Crippen LogP contribution in [-0.2, 0) is 23.2 Å². The molecule has 0 saturated heterocycles. The molecule has 1 aromatic carbocycles. The summed E-state index contributed by atoms with van der Waals surface area (Å²) in [4.78, 5) is 12.9. The van der Waals surface area contributed by atoms with Crippen LogP contribution in [0.3, 0.4) is 0 Å². The summed E-state index contributed by atoms with van der Waals surface area (Å²) < 4.78 is 7.61. The summed E-state index contributed by atoms with van der Waals surface area (Å²) in [5.74, 6) is 2.38. The first kappa shape index (κ1) is 16.1. The molecule has 2 aromatic rings. The Balaban J connectivity index is 1.24. The molecule has 4 aliphatic rings. The van der Waals surface area contributed by atoms with Gasteiger partial charge in [-0.1, -0.05) is 24.3 Å². The largest absolute Gasteiger partial charge is 0.460 e. The smallest absolute Gasteiger partial charge is 0.312 e. The van der Waals surface area contributed by atoms with Gasteiger partial charge in [-0.3, -0.25) is 9.48 Å². The summed E-state index contributed by atoms with van der Waals surface area (Å²) in [7, 11) is 1.92. The second-order valence-electron chi connectivity index (χ2n) is 8.87. The highest BCUT2D eigenvalue weighted by molar-refractivity contribution is 5.77. The lowest BCUT2D eigenvalue weighted by Crippen LogP contribution is -2.50. The van der Waals surface area contributed by atoms with Crippen molar-refractivity contribution < 1.29 is 9.53 Å². The molecule has 1 heterocycles. The van der Waals surface area contributed by atoms with Gasteiger partial charge in [0, 0.05) is 18.8 Å². The number of aromatic nitrogens is 2. The van der Waals surface area contributed by atoms with Crippen molar-refractivity contribution in [2.24, 2.45) is 30.2 Å². The van der Waals surface area contributed by atoms with E-state index in [-0.39, 0.29) is 11.4 Å². The molecule has 0 atom stereocenters. The van der Waals surface area contributed by atoms with Crippen molar-refractivity contribution in [2.75, 3.05) is 0 Å². The number of ether oxygens (including phenoxy) is 1. The van der Waals surface area contributed by atoms with Crippen LogP contribution in [0.4, 0.5) is 0 Å². The number of carbonyl (C=O) groups is 1. The van der Waals surface area contributed by atoms with Crippen LogP contribution in [0, 0.1) is 23.2 Å². The van der Waals surface area contributed by atoms with Gasteiger partial charge in [0.2, 0.25) is 0 Å². The van der Waals surface area contributed by atoms with Crippen LogP contribution in [0.25, 0.3) is 11.1 Å². The molecule has 26 heavy (non-hydrogen) atoms. The maximum Gasteiger partial charge on any atom is 0.312 e. The van der Waals surface area contributed by atoms with Crippen molar-refractivity contribution in [1.29, 1.82) is 0 Å². The van der Waals surface area contributed by atoms with E-state index in [1.54, 1.807) is 4.68 Å². The van der Waals surface area contributed by atoms with Crippen molar-refractivity contribution in [3.05, 3.63) is 42.2 Å². The second-order valence-corrected chi connectivity index (χ2v) is 8.87. The molecule has 4 bridgehead atoms. The van der Waals surface area contributed by atoms with E-state index in [4.69, 9.17) is 4.74 Å². The molecule has 136 valence electrons. The van der Waals surface area contributed by atoms with Gasteiger partial charge in [-0.2, -0.15) is 5.10 Å². The Hall–Kier alpha value is -2.10. The third kappa shape index (κ3) is 2.76. The lowest BCUT2D eigenvalue weighted by molar-refractivity contribution is -0.172. The van der Waals surface area contributed by atoms with Gasteiger partial charge in [0.25, 0.3) is 0 Å². The van der Waals surface area contributed by atoms with Crippen LogP contribution < -0.4 is 0 Å². The molecule has 0 N–H and O–H groups in total. The van der Waals surface area contributed by atoms with Gasteiger partial charge in [0.05, 0.1) is 11.6 Å². The average Bonchev–Trinajstić information content (AvgIpc) is 3.05. The SMILES string of the molecule is Cn1cc(-c2ccc(COC(=O)C34CC5CC(CC(C5)C3)C4)cc2)cn1. The summed E-state index contributed by atoms with van der Waals surface area (Å²) in [6, 6.07) is 8.25. The van der Waals surface area contributed by atoms with Crippen LogP contribution in [0.2, 0.25) is 0 Å². The highest BCUT2D eigenvalue weighted by Gasteiger charge is 2.55. The summed E-state index contributed by atoms with van der Waals surface area (Å²) >= 11 is 0. The van der Waals surface area contributed by atoms with Crippen molar-refractivity contribution in [3.8, 4) is 11.1 Å². The topological polar surface area (TPSA) is 44.1 Å². The minimum atomic E-state index is -0.162. The highest BCUT2D eigenvalue weighted by atomic mass is 16.5. The molecule has 0 aliphatic heterocycles. The van der Waals surface area contributed by atoms with E-state index in [1.807, 2.05) is 19.4 Å². The molecular weight excluding hydrogens is 324 g/mol. The van der Waals surface area contributed by atoms with Gasteiger partial charge in [0.15, 0.2) is 0 Å². The molecule has 4 nitrogen and oxygen atoms in total. The summed E-state index contributed by atoms with van der Waals surface area (Å²) in [6.45, 7) is 0.383. The Labute approximate surface area is 154 Å². The molecule has 0 amide bonds. The Morgan fingerprint density at radius 2 is 1.69 bits per heavy atom. The molecular formula is C22H26N2O2. The van der Waals surface area contributed by atoms with Gasteiger partial charge < -0.3 is 4.74 Å². The zero-order chi connectivity index (χ0) is 17.7. The Morgan fingerprint density at radius 3 is 2.23 bits per heavy atom. The van der Waals surface area contributed by atoms with E-state index < -0.39 is 0 Å². The predicted octanol–water partition coefficient (Wildman–Crippen LogP) is 4.35. The van der Waals surface area contributed by atoms with Gasteiger partial charge >= 0.3 is 5.97 Å². The minimum Gasteiger partial charge on any atom is -0.460 e. The quantitative estimate of drug-likeness (QED) is 0.770. The zero-order valence-corrected chi connectivity index (χ0v) is 15.4. The maximum atomic E-state index is 12.9. The van der Waals surface area contributed by atoms with Crippen LogP contribution in [-0.4, -0.2) is 15.7 Å². The average molecular weight is 350 g/mol. The lowest BCUT2D eigenvalue weighted by Gasteiger charge is -2.55. The fourth-order valence-corrected chi connectivity index (χ4v) is 6.03. The number of hydrogen-bond acceptors (Lipinski definition) is 3. The van der Waals surface area contributed by atoms with Crippen LogP contribution >= 0.6 is 0 Å². The van der Waals surface area contributed by atoms with Crippen LogP contribution in [0.1, 0.15) is 44.1 Å². The first-order valence-electron chi connectivity index (χ1n) is 9.85. The third-order valence-corrected chi connectivity index (χ3v) is 6.83. The molecule has 0 spiro atoms. The Bertz CT molecular complexity index is 786. The van der Waals surface area contributed by atoms with E-state index in [9.17, 15) is 4.79 Å². The molecule has 6 rings (SSSR count). The highest BCUT2D eigenvalue weighted by Crippen LogP contribution is 2.60. The van der Waals surface area contributed by atoms with Gasteiger partial charge in [-0.15, -0.1) is 0 Å². The van der Waals surface area contributed by atoms with Crippen molar-refractivity contribution >= 4 is 5.97 Å². The van der Waals surface area contributed by atoms with E-state index in [2.05, 4.69) is 29.4 Å². The first-order chi connectivity index (χ1) is 12.6. The normalized spacial score (nSPS) is 32.0. The molecule has 4 heteroatoms. The van der Waals surface area contributed by atoms with E-state index in [0.717, 1.165) is 53.7 Å². The number of benzene rings is 1. The fourth-order valence-electron chi connectivity index (χ4n) is 6.03. The van der Waals surface area contributed by atoms with E-state index in [1.165, 1.54) is 19.3 Å². The monoisotopic (exact) mass is 350 g/mol.